The van der Waals surface area contributed by atoms with Gasteiger partial charge in [-0.1, -0.05) is 37.5 Å². The first kappa shape index (κ1) is 11.5. The Morgan fingerprint density at radius 2 is 1.67 bits per heavy atom. The Kier molecular flexibility index (Phi) is 5.79. The minimum absolute atomic E-state index is 1.14. The molecule has 0 nitrogen and oxygen atoms in total. The molecule has 70 valence electrons. The Hall–Kier alpha value is -0.520. The van der Waals surface area contributed by atoms with Crippen LogP contribution in [0.25, 0.3) is 0 Å². The average molecular weight is 166 g/mol. The van der Waals surface area contributed by atoms with Crippen LogP contribution in [0, 0.1) is 0 Å². The molecule has 0 rings (SSSR count). The minimum Gasteiger partial charge on any atom is -0.0816 e. The number of allylic oxidation sites excluding steroid dienone is 4. The molecule has 0 bridgehead atoms. The molecule has 0 aliphatic heterocycles. The molecular weight excluding hydrogens is 144 g/mol. The van der Waals surface area contributed by atoms with E-state index in [9.17, 15) is 0 Å². The molecule has 0 aliphatic carbocycles. The van der Waals surface area contributed by atoms with E-state index in [2.05, 4.69) is 40.7 Å². The normalized spacial score (nSPS) is 14.6. The van der Waals surface area contributed by atoms with E-state index in [1.165, 1.54) is 24.0 Å². The molecule has 0 heterocycles. The van der Waals surface area contributed by atoms with Crippen molar-refractivity contribution >= 4 is 0 Å². The maximum absolute atomic E-state index is 2.30. The molecular formula is C12H22. The largest absolute Gasteiger partial charge is 0.0816 e. The SMILES string of the molecule is CCC=C(C)C(C)=C(C)CCC. The van der Waals surface area contributed by atoms with Crippen LogP contribution in [0.1, 0.15) is 53.9 Å². The van der Waals surface area contributed by atoms with Crippen LogP contribution in [0.3, 0.4) is 0 Å². The first-order valence-corrected chi connectivity index (χ1v) is 4.96. The van der Waals surface area contributed by atoms with Crippen molar-refractivity contribution in [2.45, 2.75) is 53.9 Å². The topological polar surface area (TPSA) is 0 Å². The number of rotatable bonds is 4. The molecule has 0 saturated heterocycles. The first-order chi connectivity index (χ1) is 5.63. The Labute approximate surface area is 77.4 Å². The van der Waals surface area contributed by atoms with E-state index in [1.807, 2.05) is 0 Å². The fraction of sp³-hybridized carbons (Fsp3) is 0.667. The van der Waals surface area contributed by atoms with Gasteiger partial charge in [-0.05, 0) is 39.2 Å². The van der Waals surface area contributed by atoms with Crippen LogP contribution in [-0.4, -0.2) is 0 Å². The van der Waals surface area contributed by atoms with Gasteiger partial charge in [0.2, 0.25) is 0 Å². The Morgan fingerprint density at radius 1 is 1.08 bits per heavy atom. The van der Waals surface area contributed by atoms with Gasteiger partial charge in [-0.25, -0.2) is 0 Å². The third-order valence-electron chi connectivity index (χ3n) is 2.37. The van der Waals surface area contributed by atoms with Crippen LogP contribution in [0.4, 0.5) is 0 Å². The first-order valence-electron chi connectivity index (χ1n) is 4.96. The van der Waals surface area contributed by atoms with Crippen molar-refractivity contribution in [2.24, 2.45) is 0 Å². The van der Waals surface area contributed by atoms with Crippen molar-refractivity contribution in [2.75, 3.05) is 0 Å². The summed E-state index contributed by atoms with van der Waals surface area (Å²) in [5.41, 5.74) is 4.47. The molecule has 0 N–H and O–H groups in total. The summed E-state index contributed by atoms with van der Waals surface area (Å²) < 4.78 is 0. The number of hydrogen-bond acceptors (Lipinski definition) is 0. The zero-order valence-electron chi connectivity index (χ0n) is 9.20. The van der Waals surface area contributed by atoms with Crippen molar-refractivity contribution in [1.82, 2.24) is 0 Å². The highest BCUT2D eigenvalue weighted by atomic mass is 14.0. The molecule has 0 aromatic heterocycles. The van der Waals surface area contributed by atoms with Crippen molar-refractivity contribution in [3.8, 4) is 0 Å². The Bertz CT molecular complexity index is 182. The smallest absolute Gasteiger partial charge is 0.0320 e. The van der Waals surface area contributed by atoms with Crippen LogP contribution in [0.15, 0.2) is 22.8 Å². The van der Waals surface area contributed by atoms with E-state index in [0.717, 1.165) is 6.42 Å². The Balaban J connectivity index is 4.42. The summed E-state index contributed by atoms with van der Waals surface area (Å²) in [7, 11) is 0. The summed E-state index contributed by atoms with van der Waals surface area (Å²) in [6, 6.07) is 0. The third-order valence-corrected chi connectivity index (χ3v) is 2.37. The highest BCUT2D eigenvalue weighted by Gasteiger charge is 1.97. The van der Waals surface area contributed by atoms with Crippen LogP contribution >= 0.6 is 0 Å². The highest BCUT2D eigenvalue weighted by Crippen LogP contribution is 2.17. The fourth-order valence-electron chi connectivity index (χ4n) is 1.36. The van der Waals surface area contributed by atoms with Gasteiger partial charge < -0.3 is 0 Å². The molecule has 0 aromatic rings. The van der Waals surface area contributed by atoms with Crippen molar-refractivity contribution in [3.63, 3.8) is 0 Å². The van der Waals surface area contributed by atoms with Crippen LogP contribution < -0.4 is 0 Å². The predicted octanol–water partition coefficient (Wildman–Crippen LogP) is 4.48. The molecule has 0 spiro atoms. The second-order valence-corrected chi connectivity index (χ2v) is 3.45. The molecule has 0 saturated carbocycles. The van der Waals surface area contributed by atoms with Crippen molar-refractivity contribution in [1.29, 1.82) is 0 Å². The quantitative estimate of drug-likeness (QED) is 0.540. The number of hydrogen-bond donors (Lipinski definition) is 0. The average Bonchev–Trinajstić information content (AvgIpc) is 2.04. The van der Waals surface area contributed by atoms with Gasteiger partial charge in [0.25, 0.3) is 0 Å². The molecule has 0 atom stereocenters. The lowest BCUT2D eigenvalue weighted by Gasteiger charge is -2.06. The third kappa shape index (κ3) is 3.75. The van der Waals surface area contributed by atoms with Gasteiger partial charge in [0, 0.05) is 0 Å². The predicted molar refractivity (Wildman–Crippen MR) is 57.3 cm³/mol. The van der Waals surface area contributed by atoms with Gasteiger partial charge in [-0.2, -0.15) is 0 Å². The zero-order valence-corrected chi connectivity index (χ0v) is 9.20. The monoisotopic (exact) mass is 166 g/mol. The van der Waals surface area contributed by atoms with Crippen LogP contribution in [0.2, 0.25) is 0 Å². The van der Waals surface area contributed by atoms with Gasteiger partial charge in [0.05, 0.1) is 0 Å². The molecule has 0 aliphatic rings. The second kappa shape index (κ2) is 6.05. The summed E-state index contributed by atoms with van der Waals surface area (Å²) in [6.45, 7) is 11.1. The lowest BCUT2D eigenvalue weighted by atomic mass is 10.00. The van der Waals surface area contributed by atoms with Gasteiger partial charge in [0.1, 0.15) is 0 Å². The van der Waals surface area contributed by atoms with E-state index < -0.39 is 0 Å². The molecule has 0 heteroatoms. The molecule has 0 amide bonds. The zero-order chi connectivity index (χ0) is 9.56. The standard InChI is InChI=1S/C12H22/c1-6-8-10(3)12(5)11(4)9-7-2/h8H,6-7,9H2,1-5H3. The highest BCUT2D eigenvalue weighted by molar-refractivity contribution is 5.31. The molecule has 0 unspecified atom stereocenters. The van der Waals surface area contributed by atoms with Crippen molar-refractivity contribution in [3.05, 3.63) is 22.8 Å². The van der Waals surface area contributed by atoms with Crippen LogP contribution in [0.5, 0.6) is 0 Å². The summed E-state index contributed by atoms with van der Waals surface area (Å²) in [5.74, 6) is 0. The summed E-state index contributed by atoms with van der Waals surface area (Å²) in [5, 5.41) is 0. The summed E-state index contributed by atoms with van der Waals surface area (Å²) >= 11 is 0. The maximum Gasteiger partial charge on any atom is -0.0320 e. The summed E-state index contributed by atoms with van der Waals surface area (Å²) in [4.78, 5) is 0. The fourth-order valence-corrected chi connectivity index (χ4v) is 1.36. The second-order valence-electron chi connectivity index (χ2n) is 3.45. The Morgan fingerprint density at radius 3 is 2.08 bits per heavy atom. The van der Waals surface area contributed by atoms with Gasteiger partial charge in [0.15, 0.2) is 0 Å². The van der Waals surface area contributed by atoms with E-state index in [-0.39, 0.29) is 0 Å². The van der Waals surface area contributed by atoms with Gasteiger partial charge >= 0.3 is 0 Å². The van der Waals surface area contributed by atoms with Crippen LogP contribution in [-0.2, 0) is 0 Å². The van der Waals surface area contributed by atoms with E-state index in [0.29, 0.717) is 0 Å². The van der Waals surface area contributed by atoms with Crippen molar-refractivity contribution < 1.29 is 0 Å². The van der Waals surface area contributed by atoms with E-state index in [4.69, 9.17) is 0 Å². The molecule has 0 fully saturated rings. The molecule has 0 aromatic carbocycles. The minimum atomic E-state index is 1.14. The maximum atomic E-state index is 2.30. The van der Waals surface area contributed by atoms with Gasteiger partial charge in [-0.3, -0.25) is 0 Å². The lowest BCUT2D eigenvalue weighted by Crippen LogP contribution is -1.86. The summed E-state index contributed by atoms with van der Waals surface area (Å²) in [6.07, 6.45) is 5.93. The molecule has 0 radical (unpaired) electrons. The van der Waals surface area contributed by atoms with Gasteiger partial charge in [-0.15, -0.1) is 0 Å². The van der Waals surface area contributed by atoms with E-state index >= 15 is 0 Å². The van der Waals surface area contributed by atoms with E-state index in [1.54, 1.807) is 5.57 Å². The molecule has 12 heavy (non-hydrogen) atoms. The lowest BCUT2D eigenvalue weighted by molar-refractivity contribution is 0.891.